The van der Waals surface area contributed by atoms with Crippen molar-refractivity contribution in [3.8, 4) is 11.6 Å². The summed E-state index contributed by atoms with van der Waals surface area (Å²) in [6.07, 6.45) is 1.54. The molecule has 2 aromatic carbocycles. The molecule has 0 N–H and O–H groups in total. The van der Waals surface area contributed by atoms with Gasteiger partial charge in [-0.25, -0.2) is 4.98 Å². The number of rotatable bonds is 8. The molecule has 0 atom stereocenters. The number of amides is 1. The van der Waals surface area contributed by atoms with Crippen LogP contribution in [-0.4, -0.2) is 28.4 Å². The SMILES string of the molecule is CCc1cc(OC(C)C)c(Cl)c2c1CCN(Cc1c(C)cc(C)nc1OCc1ccccc1)C2=O. The molecule has 0 saturated heterocycles. The third-order valence-electron chi connectivity index (χ3n) is 6.31. The van der Waals surface area contributed by atoms with Gasteiger partial charge in [-0.15, -0.1) is 0 Å². The number of aromatic nitrogens is 1. The van der Waals surface area contributed by atoms with Gasteiger partial charge in [0.1, 0.15) is 12.4 Å². The van der Waals surface area contributed by atoms with Crippen LogP contribution in [0.5, 0.6) is 11.6 Å². The van der Waals surface area contributed by atoms with Gasteiger partial charge in [0.25, 0.3) is 5.91 Å². The number of hydrogen-bond acceptors (Lipinski definition) is 4. The van der Waals surface area contributed by atoms with Gasteiger partial charge in [-0.2, -0.15) is 0 Å². The van der Waals surface area contributed by atoms with Gasteiger partial charge in [0, 0.05) is 17.8 Å². The van der Waals surface area contributed by atoms with Gasteiger partial charge in [0.2, 0.25) is 5.88 Å². The van der Waals surface area contributed by atoms with Crippen LogP contribution in [0.3, 0.4) is 0 Å². The van der Waals surface area contributed by atoms with Gasteiger partial charge in [-0.3, -0.25) is 4.79 Å². The number of nitrogens with zero attached hydrogens (tertiary/aromatic N) is 2. The van der Waals surface area contributed by atoms with Crippen LogP contribution in [0, 0.1) is 13.8 Å². The summed E-state index contributed by atoms with van der Waals surface area (Å²) in [4.78, 5) is 20.3. The van der Waals surface area contributed by atoms with Crippen LogP contribution in [0.2, 0.25) is 5.02 Å². The Balaban J connectivity index is 1.65. The third-order valence-corrected chi connectivity index (χ3v) is 6.69. The molecule has 4 rings (SSSR count). The van der Waals surface area contributed by atoms with Gasteiger partial charge in [-0.1, -0.05) is 48.9 Å². The van der Waals surface area contributed by atoms with Crippen LogP contribution in [0.4, 0.5) is 0 Å². The normalized spacial score (nSPS) is 13.2. The van der Waals surface area contributed by atoms with Crippen molar-refractivity contribution >= 4 is 17.5 Å². The van der Waals surface area contributed by atoms with Crippen molar-refractivity contribution in [2.45, 2.75) is 66.7 Å². The van der Waals surface area contributed by atoms with Gasteiger partial charge < -0.3 is 14.4 Å². The molecule has 1 aliphatic heterocycles. The number of ether oxygens (including phenoxy) is 2. The van der Waals surface area contributed by atoms with E-state index < -0.39 is 0 Å². The minimum absolute atomic E-state index is 0.0318. The molecule has 0 radical (unpaired) electrons. The van der Waals surface area contributed by atoms with E-state index in [1.54, 1.807) is 0 Å². The lowest BCUT2D eigenvalue weighted by atomic mass is 9.91. The number of hydrogen-bond donors (Lipinski definition) is 0. The van der Waals surface area contributed by atoms with Gasteiger partial charge in [0.15, 0.2) is 0 Å². The van der Waals surface area contributed by atoms with Crippen molar-refractivity contribution < 1.29 is 14.3 Å². The molecule has 1 aromatic heterocycles. The van der Waals surface area contributed by atoms with Crippen molar-refractivity contribution in [3.05, 3.63) is 86.6 Å². The molecule has 0 aliphatic carbocycles. The van der Waals surface area contributed by atoms with Crippen LogP contribution in [0.15, 0.2) is 42.5 Å². The third kappa shape index (κ3) is 5.46. The first-order valence-electron chi connectivity index (χ1n) is 12.2. The van der Waals surface area contributed by atoms with Crippen molar-refractivity contribution in [3.63, 3.8) is 0 Å². The van der Waals surface area contributed by atoms with Crippen molar-refractivity contribution in [1.82, 2.24) is 9.88 Å². The molecule has 3 aromatic rings. The topological polar surface area (TPSA) is 51.7 Å². The van der Waals surface area contributed by atoms with Gasteiger partial charge in [-0.05, 0) is 74.9 Å². The monoisotopic (exact) mass is 492 g/mol. The maximum Gasteiger partial charge on any atom is 0.256 e. The first kappa shape index (κ1) is 25.1. The van der Waals surface area contributed by atoms with E-state index in [0.717, 1.165) is 46.4 Å². The first-order chi connectivity index (χ1) is 16.8. The summed E-state index contributed by atoms with van der Waals surface area (Å²) < 4.78 is 12.1. The van der Waals surface area contributed by atoms with Crippen LogP contribution in [0.25, 0.3) is 0 Å². The summed E-state index contributed by atoms with van der Waals surface area (Å²) in [6, 6.07) is 14.0. The molecule has 1 amide bonds. The van der Waals surface area contributed by atoms with Crippen molar-refractivity contribution in [2.24, 2.45) is 0 Å². The molecule has 5 nitrogen and oxygen atoms in total. The zero-order chi connectivity index (χ0) is 25.1. The fraction of sp³-hybridized carbons (Fsp3) is 0.379. The Morgan fingerprint density at radius 2 is 1.89 bits per heavy atom. The lowest BCUT2D eigenvalue weighted by Gasteiger charge is -2.32. The van der Waals surface area contributed by atoms with E-state index in [2.05, 4.69) is 11.9 Å². The molecule has 0 fully saturated rings. The van der Waals surface area contributed by atoms with Gasteiger partial charge in [0.05, 0.1) is 23.2 Å². The molecule has 0 unspecified atom stereocenters. The highest BCUT2D eigenvalue weighted by atomic mass is 35.5. The quantitative estimate of drug-likeness (QED) is 0.361. The van der Waals surface area contributed by atoms with E-state index in [4.69, 9.17) is 21.1 Å². The molecule has 6 heteroatoms. The summed E-state index contributed by atoms with van der Waals surface area (Å²) in [6.45, 7) is 11.5. The highest BCUT2D eigenvalue weighted by molar-refractivity contribution is 6.35. The Bertz CT molecular complexity index is 1220. The van der Waals surface area contributed by atoms with E-state index in [0.29, 0.717) is 41.9 Å². The van der Waals surface area contributed by atoms with E-state index in [1.165, 1.54) is 0 Å². The fourth-order valence-electron chi connectivity index (χ4n) is 4.60. The van der Waals surface area contributed by atoms with Crippen molar-refractivity contribution in [2.75, 3.05) is 6.54 Å². The summed E-state index contributed by atoms with van der Waals surface area (Å²) >= 11 is 6.75. The van der Waals surface area contributed by atoms with Crippen LogP contribution in [0.1, 0.15) is 64.6 Å². The van der Waals surface area contributed by atoms with E-state index in [9.17, 15) is 4.79 Å². The Kier molecular flexibility index (Phi) is 7.66. The number of carbonyl (C=O) groups is 1. The molecule has 1 aliphatic rings. The number of pyridine rings is 1. The van der Waals surface area contributed by atoms with Crippen LogP contribution >= 0.6 is 11.6 Å². The average molecular weight is 493 g/mol. The highest BCUT2D eigenvalue weighted by Gasteiger charge is 2.31. The van der Waals surface area contributed by atoms with Crippen LogP contribution in [-0.2, 0) is 26.0 Å². The standard InChI is InChI=1S/C29H33ClN2O3/c1-6-22-15-25(35-18(2)3)27(30)26-23(22)12-13-32(29(26)33)16-24-19(4)14-20(5)31-28(24)34-17-21-10-8-7-9-11-21/h7-11,14-15,18H,6,12-13,16-17H2,1-5H3. The number of benzene rings is 2. The second-order valence-corrected chi connectivity index (χ2v) is 9.71. The largest absolute Gasteiger partial charge is 0.489 e. The number of aryl methyl sites for hydroxylation is 3. The molecule has 0 spiro atoms. The summed E-state index contributed by atoms with van der Waals surface area (Å²) in [5, 5.41) is 0.403. The molecular formula is C29H33ClN2O3. The molecule has 0 bridgehead atoms. The number of halogens is 1. The summed E-state index contributed by atoms with van der Waals surface area (Å²) in [5.41, 5.74) is 6.65. The number of carbonyl (C=O) groups excluding carboxylic acids is 1. The fourth-order valence-corrected chi connectivity index (χ4v) is 4.90. The maximum atomic E-state index is 13.7. The zero-order valence-corrected chi connectivity index (χ0v) is 21.9. The minimum Gasteiger partial charge on any atom is -0.489 e. The lowest BCUT2D eigenvalue weighted by molar-refractivity contribution is 0.0723. The summed E-state index contributed by atoms with van der Waals surface area (Å²) in [7, 11) is 0. The Morgan fingerprint density at radius 3 is 2.57 bits per heavy atom. The predicted octanol–water partition coefficient (Wildman–Crippen LogP) is 6.48. The Labute approximate surface area is 213 Å². The van der Waals surface area contributed by atoms with E-state index >= 15 is 0 Å². The molecule has 0 saturated carbocycles. The first-order valence-corrected chi connectivity index (χ1v) is 12.6. The number of fused-ring (bicyclic) bond motifs is 1. The summed E-state index contributed by atoms with van der Waals surface area (Å²) in [5.74, 6) is 1.07. The minimum atomic E-state index is -0.0749. The maximum absolute atomic E-state index is 13.7. The van der Waals surface area contributed by atoms with E-state index in [-0.39, 0.29) is 12.0 Å². The average Bonchev–Trinajstić information content (AvgIpc) is 2.82. The molecule has 2 heterocycles. The van der Waals surface area contributed by atoms with Gasteiger partial charge >= 0.3 is 0 Å². The molecule has 184 valence electrons. The lowest BCUT2D eigenvalue weighted by Crippen LogP contribution is -2.38. The Hall–Kier alpha value is -3.05. The molecular weight excluding hydrogens is 460 g/mol. The second-order valence-electron chi connectivity index (χ2n) is 9.34. The molecule has 35 heavy (non-hydrogen) atoms. The zero-order valence-electron chi connectivity index (χ0n) is 21.2. The van der Waals surface area contributed by atoms with Crippen LogP contribution < -0.4 is 9.47 Å². The predicted molar refractivity (Wildman–Crippen MR) is 140 cm³/mol. The smallest absolute Gasteiger partial charge is 0.256 e. The van der Waals surface area contributed by atoms with E-state index in [1.807, 2.05) is 75.1 Å². The second kappa shape index (κ2) is 10.7. The Morgan fingerprint density at radius 1 is 1.14 bits per heavy atom. The van der Waals surface area contributed by atoms with Crippen molar-refractivity contribution in [1.29, 1.82) is 0 Å². The highest BCUT2D eigenvalue weighted by Crippen LogP contribution is 2.38.